The number of aryl methyl sites for hydroxylation is 2. The molecule has 2 N–H and O–H groups in total. The first kappa shape index (κ1) is 15.7. The van der Waals surface area contributed by atoms with E-state index < -0.39 is 0 Å². The standard InChI is InChI=1S/C16H26N4O/c1-12-11-13(2)18-16(17-12)20-19-15(21)10-6-9-14-7-4-3-5-8-14/h11,14H,3-10H2,1-2H3,(H,19,21)(H,17,18,20). The minimum atomic E-state index is 0.00793. The Hall–Kier alpha value is -1.65. The second kappa shape index (κ2) is 7.96. The largest absolute Gasteiger partial charge is 0.273 e. The lowest BCUT2D eigenvalue weighted by molar-refractivity contribution is -0.120. The van der Waals surface area contributed by atoms with Gasteiger partial charge < -0.3 is 0 Å². The third-order valence-corrected chi connectivity index (χ3v) is 4.04. The summed E-state index contributed by atoms with van der Waals surface area (Å²) in [6.07, 6.45) is 9.50. The van der Waals surface area contributed by atoms with Crippen LogP contribution in [0.4, 0.5) is 5.95 Å². The molecule has 1 aromatic rings. The van der Waals surface area contributed by atoms with Crippen LogP contribution in [0.2, 0.25) is 0 Å². The highest BCUT2D eigenvalue weighted by Gasteiger charge is 2.13. The number of anilines is 1. The van der Waals surface area contributed by atoms with Gasteiger partial charge in [0.05, 0.1) is 0 Å². The Balaban J connectivity index is 1.65. The van der Waals surface area contributed by atoms with Gasteiger partial charge in [0.1, 0.15) is 0 Å². The van der Waals surface area contributed by atoms with E-state index in [1.54, 1.807) is 0 Å². The first-order valence-electron chi connectivity index (χ1n) is 8.00. The molecule has 0 atom stereocenters. The van der Waals surface area contributed by atoms with Crippen molar-refractivity contribution < 1.29 is 4.79 Å². The summed E-state index contributed by atoms with van der Waals surface area (Å²) in [6.45, 7) is 3.82. The van der Waals surface area contributed by atoms with E-state index >= 15 is 0 Å². The zero-order valence-electron chi connectivity index (χ0n) is 13.1. The summed E-state index contributed by atoms with van der Waals surface area (Å²) in [5, 5.41) is 0. The van der Waals surface area contributed by atoms with Crippen LogP contribution in [0.15, 0.2) is 6.07 Å². The van der Waals surface area contributed by atoms with Crippen molar-refractivity contribution >= 4 is 11.9 Å². The molecule has 0 unspecified atom stereocenters. The fourth-order valence-electron chi connectivity index (χ4n) is 3.00. The van der Waals surface area contributed by atoms with E-state index in [-0.39, 0.29) is 5.91 Å². The van der Waals surface area contributed by atoms with Gasteiger partial charge in [-0.3, -0.25) is 15.6 Å². The molecule has 2 rings (SSSR count). The van der Waals surface area contributed by atoms with Gasteiger partial charge in [-0.05, 0) is 38.7 Å². The average Bonchev–Trinajstić information content (AvgIpc) is 2.45. The van der Waals surface area contributed by atoms with Crippen LogP contribution >= 0.6 is 0 Å². The lowest BCUT2D eigenvalue weighted by Crippen LogP contribution is -2.30. The molecule has 0 saturated heterocycles. The van der Waals surface area contributed by atoms with Gasteiger partial charge in [0.15, 0.2) is 0 Å². The first-order chi connectivity index (χ1) is 10.1. The average molecular weight is 290 g/mol. The molecule has 1 amide bonds. The molecular formula is C16H26N4O. The molecule has 1 aliphatic rings. The van der Waals surface area contributed by atoms with E-state index in [1.807, 2.05) is 19.9 Å². The Bertz CT molecular complexity index is 449. The van der Waals surface area contributed by atoms with Gasteiger partial charge in [-0.2, -0.15) is 0 Å². The van der Waals surface area contributed by atoms with Gasteiger partial charge in [-0.15, -0.1) is 0 Å². The molecular weight excluding hydrogens is 264 g/mol. The molecule has 1 saturated carbocycles. The van der Waals surface area contributed by atoms with Crippen LogP contribution in [-0.2, 0) is 4.79 Å². The molecule has 5 heteroatoms. The minimum Gasteiger partial charge on any atom is -0.273 e. The molecule has 1 fully saturated rings. The second-order valence-corrected chi connectivity index (χ2v) is 6.04. The number of amides is 1. The van der Waals surface area contributed by atoms with Gasteiger partial charge in [-0.25, -0.2) is 9.97 Å². The first-order valence-corrected chi connectivity index (χ1v) is 8.00. The molecule has 0 radical (unpaired) electrons. The Morgan fingerprint density at radius 3 is 2.52 bits per heavy atom. The molecule has 0 aliphatic heterocycles. The number of hydrogen-bond acceptors (Lipinski definition) is 4. The third-order valence-electron chi connectivity index (χ3n) is 4.04. The van der Waals surface area contributed by atoms with Gasteiger partial charge in [0.2, 0.25) is 11.9 Å². The van der Waals surface area contributed by atoms with Crippen molar-refractivity contribution in [3.05, 3.63) is 17.5 Å². The molecule has 0 bridgehead atoms. The number of hydrazine groups is 1. The van der Waals surface area contributed by atoms with Crippen LogP contribution in [0.5, 0.6) is 0 Å². The smallest absolute Gasteiger partial charge is 0.242 e. The van der Waals surface area contributed by atoms with E-state index in [4.69, 9.17) is 0 Å². The molecule has 1 aromatic heterocycles. The maximum atomic E-state index is 11.8. The normalized spacial score (nSPS) is 15.7. The van der Waals surface area contributed by atoms with E-state index in [9.17, 15) is 4.79 Å². The second-order valence-electron chi connectivity index (χ2n) is 6.04. The number of nitrogens with zero attached hydrogens (tertiary/aromatic N) is 2. The van der Waals surface area contributed by atoms with Crippen LogP contribution < -0.4 is 10.9 Å². The summed E-state index contributed by atoms with van der Waals surface area (Å²) in [5.74, 6) is 1.30. The maximum absolute atomic E-state index is 11.8. The van der Waals surface area contributed by atoms with E-state index in [0.29, 0.717) is 12.4 Å². The SMILES string of the molecule is Cc1cc(C)nc(NNC(=O)CCCC2CCCCC2)n1. The van der Waals surface area contributed by atoms with E-state index in [0.717, 1.165) is 23.7 Å². The summed E-state index contributed by atoms with van der Waals surface area (Å²) in [4.78, 5) is 20.2. The number of hydrogen-bond donors (Lipinski definition) is 2. The zero-order valence-corrected chi connectivity index (χ0v) is 13.1. The molecule has 0 aromatic carbocycles. The van der Waals surface area contributed by atoms with Gasteiger partial charge in [0, 0.05) is 17.8 Å². The zero-order chi connectivity index (χ0) is 15.1. The maximum Gasteiger partial charge on any atom is 0.242 e. The number of carbonyl (C=O) groups excluding carboxylic acids is 1. The van der Waals surface area contributed by atoms with Crippen molar-refractivity contribution in [1.29, 1.82) is 0 Å². The van der Waals surface area contributed by atoms with Crippen LogP contribution in [0.3, 0.4) is 0 Å². The van der Waals surface area contributed by atoms with Crippen molar-refractivity contribution in [3.8, 4) is 0 Å². The summed E-state index contributed by atoms with van der Waals surface area (Å²) in [7, 11) is 0. The highest BCUT2D eigenvalue weighted by Crippen LogP contribution is 2.27. The number of nitrogens with one attached hydrogen (secondary N) is 2. The number of rotatable bonds is 6. The van der Waals surface area contributed by atoms with Crippen LogP contribution in [-0.4, -0.2) is 15.9 Å². The van der Waals surface area contributed by atoms with Crippen molar-refractivity contribution in [2.24, 2.45) is 5.92 Å². The quantitative estimate of drug-likeness (QED) is 0.789. The van der Waals surface area contributed by atoms with E-state index in [2.05, 4.69) is 20.8 Å². The summed E-state index contributed by atoms with van der Waals surface area (Å²) < 4.78 is 0. The van der Waals surface area contributed by atoms with Gasteiger partial charge >= 0.3 is 0 Å². The molecule has 1 aliphatic carbocycles. The predicted molar refractivity (Wildman–Crippen MR) is 83.7 cm³/mol. The van der Waals surface area contributed by atoms with Crippen molar-refractivity contribution in [2.75, 3.05) is 5.43 Å². The topological polar surface area (TPSA) is 66.9 Å². The fourth-order valence-corrected chi connectivity index (χ4v) is 3.00. The fraction of sp³-hybridized carbons (Fsp3) is 0.688. The van der Waals surface area contributed by atoms with Gasteiger partial charge in [-0.1, -0.05) is 32.1 Å². The predicted octanol–water partition coefficient (Wildman–Crippen LogP) is 3.29. The highest BCUT2D eigenvalue weighted by molar-refractivity contribution is 5.76. The lowest BCUT2D eigenvalue weighted by Gasteiger charge is -2.21. The lowest BCUT2D eigenvalue weighted by atomic mass is 9.86. The molecule has 116 valence electrons. The Morgan fingerprint density at radius 2 is 1.86 bits per heavy atom. The van der Waals surface area contributed by atoms with Crippen LogP contribution in [0.25, 0.3) is 0 Å². The van der Waals surface area contributed by atoms with Crippen molar-refractivity contribution in [3.63, 3.8) is 0 Å². The molecule has 1 heterocycles. The monoisotopic (exact) mass is 290 g/mol. The summed E-state index contributed by atoms with van der Waals surface area (Å²) >= 11 is 0. The van der Waals surface area contributed by atoms with Crippen LogP contribution in [0, 0.1) is 19.8 Å². The molecule has 5 nitrogen and oxygen atoms in total. The van der Waals surface area contributed by atoms with Crippen LogP contribution in [0.1, 0.15) is 62.8 Å². The van der Waals surface area contributed by atoms with Gasteiger partial charge in [0.25, 0.3) is 0 Å². The van der Waals surface area contributed by atoms with Crippen molar-refractivity contribution in [1.82, 2.24) is 15.4 Å². The molecule has 21 heavy (non-hydrogen) atoms. The highest BCUT2D eigenvalue weighted by atomic mass is 16.2. The van der Waals surface area contributed by atoms with Crippen molar-refractivity contribution in [2.45, 2.75) is 65.2 Å². The summed E-state index contributed by atoms with van der Waals surface area (Å²) in [6, 6.07) is 1.90. The molecule has 0 spiro atoms. The number of aromatic nitrogens is 2. The Morgan fingerprint density at radius 1 is 1.19 bits per heavy atom. The third kappa shape index (κ3) is 5.69. The Kier molecular flexibility index (Phi) is 5.96. The minimum absolute atomic E-state index is 0.00793. The summed E-state index contributed by atoms with van der Waals surface area (Å²) in [5.41, 5.74) is 7.24. The Labute approximate surface area is 126 Å². The number of carbonyl (C=O) groups is 1. The van der Waals surface area contributed by atoms with E-state index in [1.165, 1.54) is 38.5 Å².